The SMILES string of the molecule is CCCN(CCC)c1ccc([N+](=O)[O-])c(O)c1. The van der Waals surface area contributed by atoms with Crippen molar-refractivity contribution in [2.24, 2.45) is 0 Å². The second-order valence-corrected chi connectivity index (χ2v) is 3.92. The number of phenolic OH excluding ortho intramolecular Hbond substituents is 1. The fourth-order valence-corrected chi connectivity index (χ4v) is 1.77. The monoisotopic (exact) mass is 238 g/mol. The molecule has 0 fully saturated rings. The summed E-state index contributed by atoms with van der Waals surface area (Å²) < 4.78 is 0. The number of rotatable bonds is 6. The Bertz CT molecular complexity index is 387. The van der Waals surface area contributed by atoms with Crippen LogP contribution in [-0.4, -0.2) is 23.1 Å². The fourth-order valence-electron chi connectivity index (χ4n) is 1.77. The summed E-state index contributed by atoms with van der Waals surface area (Å²) in [4.78, 5) is 12.1. The summed E-state index contributed by atoms with van der Waals surface area (Å²) in [6.45, 7) is 5.91. The third kappa shape index (κ3) is 3.34. The van der Waals surface area contributed by atoms with Gasteiger partial charge < -0.3 is 10.0 Å². The van der Waals surface area contributed by atoms with Crippen molar-refractivity contribution in [3.8, 4) is 5.75 Å². The predicted molar refractivity (Wildman–Crippen MR) is 67.6 cm³/mol. The second kappa shape index (κ2) is 6.08. The molecule has 0 aliphatic rings. The minimum absolute atomic E-state index is 0.248. The summed E-state index contributed by atoms with van der Waals surface area (Å²) in [5.41, 5.74) is 0.582. The first-order chi connectivity index (χ1) is 8.10. The Labute approximate surface area is 101 Å². The largest absolute Gasteiger partial charge is 0.502 e. The molecular weight excluding hydrogens is 220 g/mol. The predicted octanol–water partition coefficient (Wildman–Crippen LogP) is 2.93. The van der Waals surface area contributed by atoms with Gasteiger partial charge in [-0.15, -0.1) is 0 Å². The van der Waals surface area contributed by atoms with E-state index in [2.05, 4.69) is 18.7 Å². The Balaban J connectivity index is 2.97. The lowest BCUT2D eigenvalue weighted by atomic mass is 10.2. The molecule has 5 nitrogen and oxygen atoms in total. The molecule has 0 aliphatic heterocycles. The highest BCUT2D eigenvalue weighted by Crippen LogP contribution is 2.30. The molecule has 1 N–H and O–H groups in total. The van der Waals surface area contributed by atoms with E-state index in [4.69, 9.17) is 0 Å². The van der Waals surface area contributed by atoms with E-state index in [1.165, 1.54) is 12.1 Å². The smallest absolute Gasteiger partial charge is 0.310 e. The number of aromatic hydroxyl groups is 1. The summed E-state index contributed by atoms with van der Waals surface area (Å²) in [7, 11) is 0. The van der Waals surface area contributed by atoms with E-state index in [9.17, 15) is 15.2 Å². The first-order valence-corrected chi connectivity index (χ1v) is 5.82. The number of phenols is 1. The number of hydrogen-bond donors (Lipinski definition) is 1. The molecule has 1 aromatic carbocycles. The first kappa shape index (κ1) is 13.3. The van der Waals surface area contributed by atoms with Crippen molar-refractivity contribution in [2.45, 2.75) is 26.7 Å². The van der Waals surface area contributed by atoms with E-state index in [1.807, 2.05) is 0 Å². The molecule has 94 valence electrons. The van der Waals surface area contributed by atoms with Crippen LogP contribution in [0.3, 0.4) is 0 Å². The summed E-state index contributed by atoms with van der Waals surface area (Å²) in [6.07, 6.45) is 2.00. The van der Waals surface area contributed by atoms with Crippen molar-refractivity contribution in [1.82, 2.24) is 0 Å². The first-order valence-electron chi connectivity index (χ1n) is 5.82. The maximum absolute atomic E-state index is 10.6. The molecule has 1 aromatic rings. The molecule has 0 amide bonds. The maximum Gasteiger partial charge on any atom is 0.310 e. The quantitative estimate of drug-likeness (QED) is 0.611. The lowest BCUT2D eigenvalue weighted by molar-refractivity contribution is -0.385. The van der Waals surface area contributed by atoms with E-state index in [0.29, 0.717) is 0 Å². The zero-order valence-corrected chi connectivity index (χ0v) is 10.2. The maximum atomic E-state index is 10.6. The van der Waals surface area contributed by atoms with Gasteiger partial charge in [0, 0.05) is 30.9 Å². The van der Waals surface area contributed by atoms with Crippen LogP contribution in [0, 0.1) is 10.1 Å². The van der Waals surface area contributed by atoms with Crippen molar-refractivity contribution in [3.63, 3.8) is 0 Å². The molecule has 0 unspecified atom stereocenters. The Hall–Kier alpha value is -1.78. The van der Waals surface area contributed by atoms with Crippen LogP contribution in [0.15, 0.2) is 18.2 Å². The molecule has 0 aliphatic carbocycles. The van der Waals surface area contributed by atoms with Gasteiger partial charge >= 0.3 is 5.69 Å². The van der Waals surface area contributed by atoms with Crippen molar-refractivity contribution in [3.05, 3.63) is 28.3 Å². The topological polar surface area (TPSA) is 66.6 Å². The van der Waals surface area contributed by atoms with Gasteiger partial charge in [-0.1, -0.05) is 13.8 Å². The van der Waals surface area contributed by atoms with Crippen LogP contribution < -0.4 is 4.90 Å². The molecule has 0 spiro atoms. The minimum atomic E-state index is -0.580. The molecule has 0 atom stereocenters. The number of nitro groups is 1. The van der Waals surface area contributed by atoms with Crippen LogP contribution >= 0.6 is 0 Å². The van der Waals surface area contributed by atoms with Crippen LogP contribution in [0.2, 0.25) is 0 Å². The van der Waals surface area contributed by atoms with Gasteiger partial charge in [-0.25, -0.2) is 0 Å². The number of nitro benzene ring substituents is 1. The minimum Gasteiger partial charge on any atom is -0.502 e. The van der Waals surface area contributed by atoms with Crippen LogP contribution in [0.25, 0.3) is 0 Å². The molecule has 0 saturated heterocycles. The van der Waals surface area contributed by atoms with Gasteiger partial charge in [0.15, 0.2) is 5.75 Å². The molecule has 17 heavy (non-hydrogen) atoms. The van der Waals surface area contributed by atoms with E-state index >= 15 is 0 Å². The van der Waals surface area contributed by atoms with Gasteiger partial charge in [0.1, 0.15) is 0 Å². The van der Waals surface area contributed by atoms with Gasteiger partial charge in [0.05, 0.1) is 4.92 Å². The third-order valence-electron chi connectivity index (χ3n) is 2.51. The summed E-state index contributed by atoms with van der Waals surface area (Å²) in [5.74, 6) is -0.273. The third-order valence-corrected chi connectivity index (χ3v) is 2.51. The highest BCUT2D eigenvalue weighted by atomic mass is 16.6. The molecule has 5 heteroatoms. The second-order valence-electron chi connectivity index (χ2n) is 3.92. The molecule has 0 radical (unpaired) electrons. The number of hydrogen-bond acceptors (Lipinski definition) is 4. The zero-order chi connectivity index (χ0) is 12.8. The standard InChI is InChI=1S/C12H18N2O3/c1-3-7-13(8-4-2)10-5-6-11(14(16)17)12(15)9-10/h5-6,9,15H,3-4,7-8H2,1-2H3. The van der Waals surface area contributed by atoms with Crippen LogP contribution in [0.4, 0.5) is 11.4 Å². The Morgan fingerprint density at radius 2 is 1.88 bits per heavy atom. The number of anilines is 1. The van der Waals surface area contributed by atoms with Crippen molar-refractivity contribution in [2.75, 3.05) is 18.0 Å². The van der Waals surface area contributed by atoms with Crippen molar-refractivity contribution in [1.29, 1.82) is 0 Å². The lowest BCUT2D eigenvalue weighted by Crippen LogP contribution is -2.24. The number of nitrogens with zero attached hydrogens (tertiary/aromatic N) is 2. The van der Waals surface area contributed by atoms with Gasteiger partial charge in [-0.3, -0.25) is 10.1 Å². The van der Waals surface area contributed by atoms with Gasteiger partial charge in [-0.2, -0.15) is 0 Å². The van der Waals surface area contributed by atoms with Crippen LogP contribution in [0.1, 0.15) is 26.7 Å². The normalized spacial score (nSPS) is 10.2. The van der Waals surface area contributed by atoms with Crippen molar-refractivity contribution >= 4 is 11.4 Å². The Morgan fingerprint density at radius 1 is 1.29 bits per heavy atom. The average Bonchev–Trinajstić information content (AvgIpc) is 2.28. The molecule has 0 saturated carbocycles. The highest BCUT2D eigenvalue weighted by Gasteiger charge is 2.15. The van der Waals surface area contributed by atoms with Crippen molar-refractivity contribution < 1.29 is 10.0 Å². The van der Waals surface area contributed by atoms with Crippen LogP contribution in [0.5, 0.6) is 5.75 Å². The summed E-state index contributed by atoms with van der Waals surface area (Å²) in [5, 5.41) is 20.2. The molecule has 0 bridgehead atoms. The van der Waals surface area contributed by atoms with Crippen LogP contribution in [-0.2, 0) is 0 Å². The summed E-state index contributed by atoms with van der Waals surface area (Å²) >= 11 is 0. The van der Waals surface area contributed by atoms with Gasteiger partial charge in [0.2, 0.25) is 0 Å². The average molecular weight is 238 g/mol. The Kier molecular flexibility index (Phi) is 4.75. The van der Waals surface area contributed by atoms with E-state index in [1.54, 1.807) is 6.07 Å². The van der Waals surface area contributed by atoms with Gasteiger partial charge in [0.25, 0.3) is 0 Å². The lowest BCUT2D eigenvalue weighted by Gasteiger charge is -2.23. The highest BCUT2D eigenvalue weighted by molar-refractivity contribution is 5.58. The molecule has 0 aromatic heterocycles. The van der Waals surface area contributed by atoms with E-state index < -0.39 is 4.92 Å². The summed E-state index contributed by atoms with van der Waals surface area (Å²) in [6, 6.07) is 4.50. The number of benzene rings is 1. The molecule has 0 heterocycles. The fraction of sp³-hybridized carbons (Fsp3) is 0.500. The van der Waals surface area contributed by atoms with Gasteiger partial charge in [-0.05, 0) is 18.9 Å². The zero-order valence-electron chi connectivity index (χ0n) is 10.2. The molecule has 1 rings (SSSR count). The molecular formula is C12H18N2O3. The Morgan fingerprint density at radius 3 is 2.29 bits per heavy atom. The van der Waals surface area contributed by atoms with E-state index in [-0.39, 0.29) is 11.4 Å². The van der Waals surface area contributed by atoms with E-state index in [0.717, 1.165) is 31.6 Å².